The van der Waals surface area contributed by atoms with Crippen LogP contribution in [-0.4, -0.2) is 31.3 Å². The molecule has 1 unspecified atom stereocenters. The minimum absolute atomic E-state index is 0.0398. The topological polar surface area (TPSA) is 76.7 Å². The van der Waals surface area contributed by atoms with E-state index in [0.29, 0.717) is 20.6 Å². The van der Waals surface area contributed by atoms with Crippen molar-refractivity contribution in [1.82, 2.24) is 5.32 Å². The molecule has 0 spiro atoms. The van der Waals surface area contributed by atoms with E-state index < -0.39 is 11.9 Å². The van der Waals surface area contributed by atoms with Gasteiger partial charge < -0.3 is 20.1 Å². The van der Waals surface area contributed by atoms with Gasteiger partial charge >= 0.3 is 11.9 Å². The highest BCUT2D eigenvalue weighted by molar-refractivity contribution is 7.80. The van der Waals surface area contributed by atoms with E-state index in [4.69, 9.17) is 21.7 Å². The number of rotatable bonds is 5. The van der Waals surface area contributed by atoms with Crippen LogP contribution in [0.1, 0.15) is 55.2 Å². The van der Waals surface area contributed by atoms with Gasteiger partial charge in [-0.3, -0.25) is 0 Å². The maximum Gasteiger partial charge on any atom is 0.348 e. The van der Waals surface area contributed by atoms with Gasteiger partial charge in [0.2, 0.25) is 0 Å². The van der Waals surface area contributed by atoms with Crippen molar-refractivity contribution in [1.29, 1.82) is 0 Å². The number of benzene rings is 1. The summed E-state index contributed by atoms with van der Waals surface area (Å²) in [5.41, 5.74) is 4.29. The van der Waals surface area contributed by atoms with E-state index in [1.54, 1.807) is 6.92 Å². The van der Waals surface area contributed by atoms with Crippen molar-refractivity contribution in [3.8, 4) is 0 Å². The summed E-state index contributed by atoms with van der Waals surface area (Å²) in [5, 5.41) is 7.01. The largest absolute Gasteiger partial charge is 0.465 e. The summed E-state index contributed by atoms with van der Waals surface area (Å²) in [6, 6.07) is 6.19. The predicted octanol–water partition coefficient (Wildman–Crippen LogP) is 4.29. The Balaban J connectivity index is 2.23. The number of esters is 2. The number of hydrogen-bond donors (Lipinski definition) is 2. The molecular weight excluding hydrogens is 396 g/mol. The Labute approximate surface area is 174 Å². The van der Waals surface area contributed by atoms with Gasteiger partial charge in [0, 0.05) is 0 Å². The van der Waals surface area contributed by atoms with Crippen molar-refractivity contribution >= 4 is 45.6 Å². The van der Waals surface area contributed by atoms with E-state index in [2.05, 4.69) is 36.6 Å². The lowest BCUT2D eigenvalue weighted by Crippen LogP contribution is -2.31. The molecule has 6 nitrogen and oxygen atoms in total. The minimum atomic E-state index is -0.545. The standard InChI is InChI=1S/C20H24N2O4S2/c1-10-7-8-14(9-11(10)2)13(4)21-20(27)22-17-15(18(23)25-5)12(3)16(28-17)19(24)26-6/h7-9,13H,1-6H3,(H2,21,22,27). The molecule has 2 aromatic rings. The highest BCUT2D eigenvalue weighted by Gasteiger charge is 2.26. The summed E-state index contributed by atoms with van der Waals surface area (Å²) in [7, 11) is 2.59. The molecule has 1 aromatic carbocycles. The van der Waals surface area contributed by atoms with E-state index in [1.807, 2.05) is 13.0 Å². The summed E-state index contributed by atoms with van der Waals surface area (Å²) in [6.45, 7) is 7.80. The summed E-state index contributed by atoms with van der Waals surface area (Å²) in [4.78, 5) is 24.5. The molecule has 0 fully saturated rings. The molecule has 0 bridgehead atoms. The third-order valence-electron chi connectivity index (χ3n) is 4.51. The summed E-state index contributed by atoms with van der Waals surface area (Å²) < 4.78 is 9.64. The van der Waals surface area contributed by atoms with Crippen LogP contribution >= 0.6 is 23.6 Å². The van der Waals surface area contributed by atoms with Crippen molar-refractivity contribution in [2.75, 3.05) is 19.5 Å². The molecule has 1 heterocycles. The lowest BCUT2D eigenvalue weighted by molar-refractivity contribution is 0.0601. The number of carbonyl (C=O) groups excluding carboxylic acids is 2. The number of carbonyl (C=O) groups is 2. The third kappa shape index (κ3) is 4.69. The van der Waals surface area contributed by atoms with Crippen LogP contribution in [0.15, 0.2) is 18.2 Å². The quantitative estimate of drug-likeness (QED) is 0.552. The Bertz CT molecular complexity index is 921. The molecule has 8 heteroatoms. The zero-order valence-corrected chi connectivity index (χ0v) is 18.4. The number of thiophene rings is 1. The smallest absolute Gasteiger partial charge is 0.348 e. The number of hydrogen-bond acceptors (Lipinski definition) is 6. The lowest BCUT2D eigenvalue weighted by atomic mass is 10.0. The van der Waals surface area contributed by atoms with E-state index in [1.165, 1.54) is 25.3 Å². The normalized spacial score (nSPS) is 11.5. The van der Waals surface area contributed by atoms with E-state index >= 15 is 0 Å². The fourth-order valence-corrected chi connectivity index (χ4v) is 4.15. The molecule has 1 atom stereocenters. The second-order valence-electron chi connectivity index (χ2n) is 6.41. The van der Waals surface area contributed by atoms with Crippen molar-refractivity contribution in [3.05, 3.63) is 50.9 Å². The van der Waals surface area contributed by atoms with Gasteiger partial charge in [-0.05, 0) is 62.2 Å². The molecule has 0 radical (unpaired) electrons. The fraction of sp³-hybridized carbons (Fsp3) is 0.350. The zero-order valence-electron chi connectivity index (χ0n) is 16.8. The van der Waals surface area contributed by atoms with Crippen LogP contribution in [-0.2, 0) is 9.47 Å². The monoisotopic (exact) mass is 420 g/mol. The number of aryl methyl sites for hydroxylation is 2. The molecule has 150 valence electrons. The number of methoxy groups -OCH3 is 2. The number of nitrogens with one attached hydrogen (secondary N) is 2. The van der Waals surface area contributed by atoms with Gasteiger partial charge in [0.25, 0.3) is 0 Å². The van der Waals surface area contributed by atoms with Crippen LogP contribution in [0.3, 0.4) is 0 Å². The highest BCUT2D eigenvalue weighted by Crippen LogP contribution is 2.34. The van der Waals surface area contributed by atoms with Gasteiger partial charge in [-0.1, -0.05) is 18.2 Å². The van der Waals surface area contributed by atoms with Gasteiger partial charge in [0.15, 0.2) is 5.11 Å². The molecule has 2 N–H and O–H groups in total. The molecule has 0 aliphatic carbocycles. The highest BCUT2D eigenvalue weighted by atomic mass is 32.1. The van der Waals surface area contributed by atoms with E-state index in [-0.39, 0.29) is 11.6 Å². The number of ether oxygens (including phenoxy) is 2. The predicted molar refractivity (Wildman–Crippen MR) is 115 cm³/mol. The molecule has 0 saturated carbocycles. The average Bonchev–Trinajstić information content (AvgIpc) is 2.98. The van der Waals surface area contributed by atoms with Crippen LogP contribution in [0, 0.1) is 20.8 Å². The molecule has 0 aliphatic rings. The summed E-state index contributed by atoms with van der Waals surface area (Å²) >= 11 is 6.52. The Morgan fingerprint density at radius 1 is 1.07 bits per heavy atom. The average molecular weight is 421 g/mol. The molecule has 2 rings (SSSR count). The van der Waals surface area contributed by atoms with Gasteiger partial charge in [0.1, 0.15) is 9.88 Å². The molecular formula is C20H24N2O4S2. The maximum absolute atomic E-state index is 12.2. The summed E-state index contributed by atoms with van der Waals surface area (Å²) in [5.74, 6) is -1.06. The second kappa shape index (κ2) is 9.16. The summed E-state index contributed by atoms with van der Waals surface area (Å²) in [6.07, 6.45) is 0. The number of thiocarbonyl (C=S) groups is 1. The van der Waals surface area contributed by atoms with Crippen LogP contribution in [0.5, 0.6) is 0 Å². The maximum atomic E-state index is 12.2. The third-order valence-corrected chi connectivity index (χ3v) is 5.92. The SMILES string of the molecule is COC(=O)c1sc(NC(=S)NC(C)c2ccc(C)c(C)c2)c(C(=O)OC)c1C. The van der Waals surface area contributed by atoms with Crippen LogP contribution in [0.25, 0.3) is 0 Å². The lowest BCUT2D eigenvalue weighted by Gasteiger charge is -2.18. The first kappa shape index (κ1) is 21.8. The van der Waals surface area contributed by atoms with Crippen molar-refractivity contribution in [2.24, 2.45) is 0 Å². The Hall–Kier alpha value is -2.45. The van der Waals surface area contributed by atoms with Crippen LogP contribution in [0.2, 0.25) is 0 Å². The minimum Gasteiger partial charge on any atom is -0.465 e. The molecule has 0 amide bonds. The first-order valence-electron chi connectivity index (χ1n) is 8.64. The molecule has 1 aromatic heterocycles. The second-order valence-corrected chi connectivity index (χ2v) is 7.84. The Kier molecular flexibility index (Phi) is 7.15. The zero-order chi connectivity index (χ0) is 21.0. The Morgan fingerprint density at radius 2 is 1.71 bits per heavy atom. The first-order chi connectivity index (χ1) is 13.2. The molecule has 28 heavy (non-hydrogen) atoms. The van der Waals surface area contributed by atoms with Crippen molar-refractivity contribution < 1.29 is 19.1 Å². The van der Waals surface area contributed by atoms with E-state index in [9.17, 15) is 9.59 Å². The molecule has 0 saturated heterocycles. The Morgan fingerprint density at radius 3 is 2.29 bits per heavy atom. The van der Waals surface area contributed by atoms with Crippen LogP contribution in [0.4, 0.5) is 5.00 Å². The molecule has 0 aliphatic heterocycles. The van der Waals surface area contributed by atoms with Gasteiger partial charge in [-0.15, -0.1) is 11.3 Å². The number of anilines is 1. The van der Waals surface area contributed by atoms with Gasteiger partial charge in [0.05, 0.1) is 25.8 Å². The van der Waals surface area contributed by atoms with Crippen molar-refractivity contribution in [2.45, 2.75) is 33.7 Å². The van der Waals surface area contributed by atoms with E-state index in [0.717, 1.165) is 16.9 Å². The van der Waals surface area contributed by atoms with Gasteiger partial charge in [-0.25, -0.2) is 9.59 Å². The van der Waals surface area contributed by atoms with Gasteiger partial charge in [-0.2, -0.15) is 0 Å². The first-order valence-corrected chi connectivity index (χ1v) is 9.86. The van der Waals surface area contributed by atoms with Crippen LogP contribution < -0.4 is 10.6 Å². The fourth-order valence-electron chi connectivity index (χ4n) is 2.69. The van der Waals surface area contributed by atoms with Crippen molar-refractivity contribution in [3.63, 3.8) is 0 Å².